The molecule has 1 aromatic rings. The van der Waals surface area contributed by atoms with E-state index in [-0.39, 0.29) is 0 Å². The summed E-state index contributed by atoms with van der Waals surface area (Å²) in [6, 6.07) is 3.22. The van der Waals surface area contributed by atoms with E-state index in [4.69, 9.17) is 14.6 Å². The normalized spacial score (nSPS) is 9.80. The molecule has 0 amide bonds. The van der Waals surface area contributed by atoms with Gasteiger partial charge in [-0.3, -0.25) is 4.79 Å². The molecule has 0 spiro atoms. The van der Waals surface area contributed by atoms with Crippen molar-refractivity contribution in [2.45, 2.75) is 13.8 Å². The van der Waals surface area contributed by atoms with Gasteiger partial charge in [0, 0.05) is 11.1 Å². The quantitative estimate of drug-likeness (QED) is 0.591. The van der Waals surface area contributed by atoms with Crippen LogP contribution in [0.1, 0.15) is 22.8 Å². The maximum atomic E-state index is 10.7. The number of ether oxygens (including phenoxy) is 2. The lowest BCUT2D eigenvalue weighted by Crippen LogP contribution is -2.01. The minimum absolute atomic E-state index is 0.422. The highest BCUT2D eigenvalue weighted by Gasteiger charge is 2.08. The third kappa shape index (κ3) is 2.70. The molecular formula is C11H14O4. The van der Waals surface area contributed by atoms with Crippen molar-refractivity contribution in [1.29, 1.82) is 0 Å². The first-order valence-electron chi connectivity index (χ1n) is 4.69. The van der Waals surface area contributed by atoms with E-state index in [9.17, 15) is 4.79 Å². The second-order valence-corrected chi connectivity index (χ2v) is 2.97. The zero-order valence-electron chi connectivity index (χ0n) is 8.82. The predicted octanol–water partition coefficient (Wildman–Crippen LogP) is 1.53. The molecule has 0 atom stereocenters. The van der Waals surface area contributed by atoms with Gasteiger partial charge in [-0.25, -0.2) is 0 Å². The van der Waals surface area contributed by atoms with Crippen LogP contribution in [0.4, 0.5) is 0 Å². The molecule has 1 N–H and O–H groups in total. The molecule has 0 saturated carbocycles. The van der Waals surface area contributed by atoms with Crippen LogP contribution in [0.25, 0.3) is 0 Å². The lowest BCUT2D eigenvalue weighted by molar-refractivity contribution is 0.0970. The number of hydrogen-bond donors (Lipinski definition) is 1. The average Bonchev–Trinajstić information content (AvgIpc) is 2.24. The monoisotopic (exact) mass is 210 g/mol. The molecule has 0 heterocycles. The molecule has 82 valence electrons. The van der Waals surface area contributed by atoms with E-state index in [2.05, 4.69) is 0 Å². The average molecular weight is 210 g/mol. The zero-order valence-corrected chi connectivity index (χ0v) is 8.82. The number of hydrogen-bond acceptors (Lipinski definition) is 4. The predicted molar refractivity (Wildman–Crippen MR) is 55.4 cm³/mol. The van der Waals surface area contributed by atoms with Crippen molar-refractivity contribution in [2.24, 2.45) is 0 Å². The van der Waals surface area contributed by atoms with Gasteiger partial charge in [0.1, 0.15) is 17.8 Å². The number of carbonyl (C=O) groups is 1. The van der Waals surface area contributed by atoms with E-state index < -0.39 is 6.79 Å². The highest BCUT2D eigenvalue weighted by Crippen LogP contribution is 2.29. The summed E-state index contributed by atoms with van der Waals surface area (Å²) in [5.41, 5.74) is 1.24. The molecule has 0 aliphatic heterocycles. The molecule has 15 heavy (non-hydrogen) atoms. The molecule has 0 radical (unpaired) electrons. The fourth-order valence-electron chi connectivity index (χ4n) is 1.28. The van der Waals surface area contributed by atoms with E-state index in [0.29, 0.717) is 30.0 Å². The zero-order chi connectivity index (χ0) is 11.3. The van der Waals surface area contributed by atoms with Crippen LogP contribution in [-0.4, -0.2) is 24.8 Å². The first kappa shape index (κ1) is 11.5. The van der Waals surface area contributed by atoms with Gasteiger partial charge in [-0.2, -0.15) is 0 Å². The Labute approximate surface area is 88.4 Å². The van der Waals surface area contributed by atoms with Crippen LogP contribution in [0.15, 0.2) is 12.1 Å². The number of aliphatic hydroxyl groups is 1. The number of aldehydes is 1. The Morgan fingerprint density at radius 1 is 1.33 bits per heavy atom. The number of rotatable bonds is 5. The Kier molecular flexibility index (Phi) is 4.12. The Morgan fingerprint density at radius 2 is 1.93 bits per heavy atom. The van der Waals surface area contributed by atoms with Crippen molar-refractivity contribution < 1.29 is 19.4 Å². The number of benzene rings is 1. The summed E-state index contributed by atoms with van der Waals surface area (Å²) in [6.45, 7) is 3.76. The van der Waals surface area contributed by atoms with Crippen LogP contribution >= 0.6 is 0 Å². The topological polar surface area (TPSA) is 55.8 Å². The first-order chi connectivity index (χ1) is 7.22. The Bertz CT molecular complexity index is 319. The molecular weight excluding hydrogens is 196 g/mol. The van der Waals surface area contributed by atoms with Gasteiger partial charge in [-0.15, -0.1) is 0 Å². The van der Waals surface area contributed by atoms with Gasteiger partial charge in [0.15, 0.2) is 6.79 Å². The Balaban J connectivity index is 3.14. The van der Waals surface area contributed by atoms with Gasteiger partial charge in [0.2, 0.25) is 0 Å². The first-order valence-corrected chi connectivity index (χ1v) is 4.69. The molecule has 0 bridgehead atoms. The summed E-state index contributed by atoms with van der Waals surface area (Å²) in [6.07, 6.45) is 0.714. The van der Waals surface area contributed by atoms with Gasteiger partial charge < -0.3 is 14.6 Å². The second-order valence-electron chi connectivity index (χ2n) is 2.97. The van der Waals surface area contributed by atoms with Crippen molar-refractivity contribution in [3.05, 3.63) is 23.3 Å². The Hall–Kier alpha value is -1.55. The summed E-state index contributed by atoms with van der Waals surface area (Å²) in [7, 11) is 0. The third-order valence-corrected chi connectivity index (χ3v) is 1.99. The van der Waals surface area contributed by atoms with E-state index in [1.54, 1.807) is 12.1 Å². The minimum atomic E-state index is -0.422. The largest absolute Gasteiger partial charge is 0.493 e. The highest BCUT2D eigenvalue weighted by atomic mass is 16.6. The van der Waals surface area contributed by atoms with Crippen LogP contribution in [0, 0.1) is 6.92 Å². The van der Waals surface area contributed by atoms with Crippen molar-refractivity contribution >= 4 is 6.29 Å². The second kappa shape index (κ2) is 5.36. The molecule has 0 aliphatic rings. The van der Waals surface area contributed by atoms with Crippen LogP contribution in [-0.2, 0) is 0 Å². The lowest BCUT2D eigenvalue weighted by atomic mass is 10.1. The summed E-state index contributed by atoms with van der Waals surface area (Å²) >= 11 is 0. The van der Waals surface area contributed by atoms with Crippen molar-refractivity contribution in [3.63, 3.8) is 0 Å². The summed E-state index contributed by atoms with van der Waals surface area (Å²) in [4.78, 5) is 10.7. The van der Waals surface area contributed by atoms with Crippen molar-refractivity contribution in [2.75, 3.05) is 13.4 Å². The molecule has 0 saturated heterocycles. The SMILES string of the molecule is CCOc1cc(C=O)cc(OCO)c1C. The van der Waals surface area contributed by atoms with Crippen molar-refractivity contribution in [1.82, 2.24) is 0 Å². The molecule has 0 aliphatic carbocycles. The molecule has 0 unspecified atom stereocenters. The standard InChI is InChI=1S/C11H14O4/c1-3-14-10-4-9(6-12)5-11(8(10)2)15-7-13/h4-6,13H,3,7H2,1-2H3. The summed E-state index contributed by atoms with van der Waals surface area (Å²) in [5, 5.41) is 8.68. The lowest BCUT2D eigenvalue weighted by Gasteiger charge is -2.12. The van der Waals surface area contributed by atoms with Crippen LogP contribution in [0.3, 0.4) is 0 Å². The van der Waals surface area contributed by atoms with Gasteiger partial charge in [0.05, 0.1) is 6.61 Å². The van der Waals surface area contributed by atoms with E-state index in [1.807, 2.05) is 13.8 Å². The van der Waals surface area contributed by atoms with E-state index in [1.165, 1.54) is 0 Å². The number of carbonyl (C=O) groups excluding carboxylic acids is 1. The van der Waals surface area contributed by atoms with Crippen LogP contribution in [0.2, 0.25) is 0 Å². The fourth-order valence-corrected chi connectivity index (χ4v) is 1.28. The highest BCUT2D eigenvalue weighted by molar-refractivity contribution is 5.77. The summed E-state index contributed by atoms with van der Waals surface area (Å²) in [5.74, 6) is 1.07. The Morgan fingerprint density at radius 3 is 2.40 bits per heavy atom. The van der Waals surface area contributed by atoms with Gasteiger partial charge in [-0.05, 0) is 26.0 Å². The number of aliphatic hydroxyl groups excluding tert-OH is 1. The molecule has 0 fully saturated rings. The third-order valence-electron chi connectivity index (χ3n) is 1.99. The fraction of sp³-hybridized carbons (Fsp3) is 0.364. The van der Waals surface area contributed by atoms with Gasteiger partial charge >= 0.3 is 0 Å². The van der Waals surface area contributed by atoms with Gasteiger partial charge in [-0.1, -0.05) is 0 Å². The molecule has 1 aromatic carbocycles. The van der Waals surface area contributed by atoms with Crippen LogP contribution < -0.4 is 9.47 Å². The van der Waals surface area contributed by atoms with E-state index >= 15 is 0 Å². The van der Waals surface area contributed by atoms with Crippen molar-refractivity contribution in [3.8, 4) is 11.5 Å². The molecule has 4 nitrogen and oxygen atoms in total. The molecule has 0 aromatic heterocycles. The molecule has 1 rings (SSSR count). The van der Waals surface area contributed by atoms with Gasteiger partial charge in [0.25, 0.3) is 0 Å². The maximum Gasteiger partial charge on any atom is 0.186 e. The summed E-state index contributed by atoms with van der Waals surface area (Å²) < 4.78 is 10.3. The molecule has 4 heteroatoms. The van der Waals surface area contributed by atoms with E-state index in [0.717, 1.165) is 5.56 Å². The minimum Gasteiger partial charge on any atom is -0.493 e. The maximum absolute atomic E-state index is 10.7. The smallest absolute Gasteiger partial charge is 0.186 e. The van der Waals surface area contributed by atoms with Crippen LogP contribution in [0.5, 0.6) is 11.5 Å².